The molecule has 2 atom stereocenters. The maximum absolute atomic E-state index is 13.1. The van der Waals surface area contributed by atoms with E-state index >= 15 is 0 Å². The molecule has 6 nitrogen and oxygen atoms in total. The number of nitrogens with one attached hydrogen (secondary N) is 1. The molecule has 5 rings (SSSR count). The van der Waals surface area contributed by atoms with Crippen molar-refractivity contribution in [3.8, 4) is 5.75 Å². The highest BCUT2D eigenvalue weighted by Crippen LogP contribution is 2.46. The summed E-state index contributed by atoms with van der Waals surface area (Å²) in [5.41, 5.74) is 2.16. The van der Waals surface area contributed by atoms with Crippen LogP contribution in [0.5, 0.6) is 5.75 Å². The average molecular weight is 462 g/mol. The number of piperidine rings is 1. The SMILES string of the molecule is CC(=O)N1CCC2(CC1)CC(CC(=O)N[C@H]1CCN(Cc3ccccc3)C1)c1ccccc1O2. The third kappa shape index (κ3) is 5.12. The molecule has 2 saturated heterocycles. The summed E-state index contributed by atoms with van der Waals surface area (Å²) in [6.45, 7) is 5.91. The van der Waals surface area contributed by atoms with Gasteiger partial charge >= 0.3 is 0 Å². The van der Waals surface area contributed by atoms with E-state index in [4.69, 9.17) is 4.74 Å². The molecule has 2 aromatic carbocycles. The van der Waals surface area contributed by atoms with Gasteiger partial charge in [-0.15, -0.1) is 0 Å². The van der Waals surface area contributed by atoms with Crippen LogP contribution in [-0.2, 0) is 16.1 Å². The third-order valence-electron chi connectivity index (χ3n) is 7.74. The molecule has 0 aromatic heterocycles. The van der Waals surface area contributed by atoms with Crippen LogP contribution in [0.4, 0.5) is 0 Å². The summed E-state index contributed by atoms with van der Waals surface area (Å²) in [4.78, 5) is 29.2. The number of nitrogens with zero attached hydrogens (tertiary/aromatic N) is 2. The Morgan fingerprint density at radius 3 is 2.53 bits per heavy atom. The molecule has 3 aliphatic heterocycles. The fourth-order valence-corrected chi connectivity index (χ4v) is 5.91. The molecule has 0 aliphatic carbocycles. The molecule has 6 heteroatoms. The van der Waals surface area contributed by atoms with Gasteiger partial charge in [-0.1, -0.05) is 48.5 Å². The monoisotopic (exact) mass is 461 g/mol. The molecule has 1 spiro atoms. The molecular weight excluding hydrogens is 426 g/mol. The van der Waals surface area contributed by atoms with Gasteiger partial charge in [-0.25, -0.2) is 0 Å². The second-order valence-corrected chi connectivity index (χ2v) is 10.2. The summed E-state index contributed by atoms with van der Waals surface area (Å²) >= 11 is 0. The predicted molar refractivity (Wildman–Crippen MR) is 132 cm³/mol. The topological polar surface area (TPSA) is 61.9 Å². The van der Waals surface area contributed by atoms with Crippen LogP contribution in [0.2, 0.25) is 0 Å². The quantitative estimate of drug-likeness (QED) is 0.737. The Labute approximate surface area is 202 Å². The number of ether oxygens (including phenoxy) is 1. The summed E-state index contributed by atoms with van der Waals surface area (Å²) in [5.74, 6) is 1.29. The Morgan fingerprint density at radius 1 is 1.03 bits per heavy atom. The molecule has 0 bridgehead atoms. The van der Waals surface area contributed by atoms with Crippen molar-refractivity contribution in [1.82, 2.24) is 15.1 Å². The summed E-state index contributed by atoms with van der Waals surface area (Å²) in [5, 5.41) is 3.31. The van der Waals surface area contributed by atoms with Gasteiger partial charge in [0.2, 0.25) is 11.8 Å². The summed E-state index contributed by atoms with van der Waals surface area (Å²) in [7, 11) is 0. The molecule has 1 unspecified atom stereocenters. The van der Waals surface area contributed by atoms with E-state index in [0.717, 1.165) is 69.7 Å². The molecule has 0 radical (unpaired) electrons. The number of hydrogen-bond donors (Lipinski definition) is 1. The molecule has 34 heavy (non-hydrogen) atoms. The van der Waals surface area contributed by atoms with Gasteiger partial charge in [0.1, 0.15) is 11.4 Å². The first-order chi connectivity index (χ1) is 16.5. The van der Waals surface area contributed by atoms with E-state index in [0.29, 0.717) is 6.42 Å². The zero-order chi connectivity index (χ0) is 23.5. The highest BCUT2D eigenvalue weighted by Gasteiger charge is 2.44. The normalized spacial score (nSPS) is 23.9. The summed E-state index contributed by atoms with van der Waals surface area (Å²) in [6.07, 6.45) is 3.93. The number of carbonyl (C=O) groups excluding carboxylic acids is 2. The Balaban J connectivity index is 1.20. The number of benzene rings is 2. The van der Waals surface area contributed by atoms with Crippen molar-refractivity contribution in [2.45, 2.75) is 63.1 Å². The lowest BCUT2D eigenvalue weighted by molar-refractivity contribution is -0.132. The Morgan fingerprint density at radius 2 is 1.76 bits per heavy atom. The van der Waals surface area contributed by atoms with Crippen molar-refractivity contribution in [1.29, 1.82) is 0 Å². The number of hydrogen-bond acceptors (Lipinski definition) is 4. The van der Waals surface area contributed by atoms with Crippen LogP contribution in [-0.4, -0.2) is 59.4 Å². The smallest absolute Gasteiger partial charge is 0.220 e. The zero-order valence-electron chi connectivity index (χ0n) is 20.0. The van der Waals surface area contributed by atoms with Crippen molar-refractivity contribution >= 4 is 11.8 Å². The third-order valence-corrected chi connectivity index (χ3v) is 7.74. The van der Waals surface area contributed by atoms with Crippen LogP contribution >= 0.6 is 0 Å². The molecule has 1 N–H and O–H groups in total. The van der Waals surface area contributed by atoms with Gasteiger partial charge in [0, 0.05) is 70.9 Å². The van der Waals surface area contributed by atoms with E-state index in [-0.39, 0.29) is 29.4 Å². The highest BCUT2D eigenvalue weighted by molar-refractivity contribution is 5.77. The van der Waals surface area contributed by atoms with Crippen LogP contribution in [0.3, 0.4) is 0 Å². The number of rotatable bonds is 5. The molecule has 0 saturated carbocycles. The minimum absolute atomic E-state index is 0.125. The zero-order valence-corrected chi connectivity index (χ0v) is 20.0. The van der Waals surface area contributed by atoms with E-state index < -0.39 is 0 Å². The van der Waals surface area contributed by atoms with Gasteiger partial charge in [0.15, 0.2) is 0 Å². The van der Waals surface area contributed by atoms with Crippen molar-refractivity contribution in [2.75, 3.05) is 26.2 Å². The van der Waals surface area contributed by atoms with E-state index in [1.165, 1.54) is 5.56 Å². The second kappa shape index (κ2) is 9.79. The predicted octanol–water partition coefficient (Wildman–Crippen LogP) is 3.71. The van der Waals surface area contributed by atoms with E-state index in [1.54, 1.807) is 6.92 Å². The van der Waals surface area contributed by atoms with Crippen molar-refractivity contribution < 1.29 is 14.3 Å². The fourth-order valence-electron chi connectivity index (χ4n) is 5.91. The summed E-state index contributed by atoms with van der Waals surface area (Å²) < 4.78 is 6.53. The van der Waals surface area contributed by atoms with Gasteiger partial charge in [0.05, 0.1) is 0 Å². The van der Waals surface area contributed by atoms with Gasteiger partial charge in [0.25, 0.3) is 0 Å². The fraction of sp³-hybridized carbons (Fsp3) is 0.500. The van der Waals surface area contributed by atoms with Crippen LogP contribution < -0.4 is 10.1 Å². The van der Waals surface area contributed by atoms with Gasteiger partial charge in [-0.3, -0.25) is 14.5 Å². The van der Waals surface area contributed by atoms with Crippen LogP contribution in [0.1, 0.15) is 56.1 Å². The van der Waals surface area contributed by atoms with Crippen molar-refractivity contribution in [3.63, 3.8) is 0 Å². The first-order valence-electron chi connectivity index (χ1n) is 12.6. The number of likely N-dealkylation sites (tertiary alicyclic amines) is 2. The lowest BCUT2D eigenvalue weighted by atomic mass is 9.76. The van der Waals surface area contributed by atoms with Crippen molar-refractivity contribution in [2.24, 2.45) is 0 Å². The maximum Gasteiger partial charge on any atom is 0.220 e. The van der Waals surface area contributed by atoms with Crippen molar-refractivity contribution in [3.05, 3.63) is 65.7 Å². The van der Waals surface area contributed by atoms with Gasteiger partial charge in [-0.2, -0.15) is 0 Å². The minimum atomic E-state index is -0.287. The first-order valence-corrected chi connectivity index (χ1v) is 12.6. The summed E-state index contributed by atoms with van der Waals surface area (Å²) in [6, 6.07) is 18.9. The van der Waals surface area contributed by atoms with E-state index in [2.05, 4.69) is 40.5 Å². The number of fused-ring (bicyclic) bond motifs is 1. The first kappa shape index (κ1) is 22.9. The Kier molecular flexibility index (Phi) is 6.59. The van der Waals surface area contributed by atoms with E-state index in [9.17, 15) is 9.59 Å². The number of para-hydroxylation sites is 1. The molecule has 2 aromatic rings. The lowest BCUT2D eigenvalue weighted by Crippen LogP contribution is -2.51. The maximum atomic E-state index is 13.1. The highest BCUT2D eigenvalue weighted by atomic mass is 16.5. The molecule has 2 amide bonds. The largest absolute Gasteiger partial charge is 0.487 e. The van der Waals surface area contributed by atoms with Gasteiger partial charge < -0.3 is 15.0 Å². The molecule has 2 fully saturated rings. The average Bonchev–Trinajstić information content (AvgIpc) is 3.26. The van der Waals surface area contributed by atoms with Crippen LogP contribution in [0.15, 0.2) is 54.6 Å². The number of amides is 2. The van der Waals surface area contributed by atoms with Crippen LogP contribution in [0, 0.1) is 0 Å². The molecular formula is C28H35N3O3. The molecule has 3 heterocycles. The lowest BCUT2D eigenvalue weighted by Gasteiger charge is -2.46. The Bertz CT molecular complexity index is 1020. The second-order valence-electron chi connectivity index (χ2n) is 10.2. The molecule has 3 aliphatic rings. The van der Waals surface area contributed by atoms with E-state index in [1.807, 2.05) is 29.2 Å². The minimum Gasteiger partial charge on any atom is -0.487 e. The van der Waals surface area contributed by atoms with Crippen LogP contribution in [0.25, 0.3) is 0 Å². The molecule has 180 valence electrons. The Hall–Kier alpha value is -2.86. The van der Waals surface area contributed by atoms with Gasteiger partial charge in [-0.05, 0) is 30.0 Å². The number of carbonyl (C=O) groups is 2. The standard InChI is InChI=1S/C28H35N3O3/c1-21(32)31-15-12-28(13-16-31)18-23(25-9-5-6-10-26(25)34-28)17-27(33)29-24-11-14-30(20-24)19-22-7-3-2-4-8-22/h2-10,23-24H,11-20H2,1H3,(H,29,33)/t23?,24-/m0/s1.